The fraction of sp³-hybridized carbons (Fsp3) is 0.414. The number of nitrogens with one attached hydrogen (secondary N) is 1. The van der Waals surface area contributed by atoms with Crippen molar-refractivity contribution < 1.29 is 28.9 Å². The molecule has 1 saturated heterocycles. The number of rotatable bonds is 6. The van der Waals surface area contributed by atoms with E-state index in [1.165, 1.54) is 6.07 Å². The average molecular weight is 578 g/mol. The van der Waals surface area contributed by atoms with Crippen LogP contribution in [0.25, 0.3) is 0 Å². The Morgan fingerprint density at radius 3 is 2.17 bits per heavy atom. The third kappa shape index (κ3) is 6.24. The normalized spacial score (nSPS) is 14.8. The Labute approximate surface area is 244 Å². The summed E-state index contributed by atoms with van der Waals surface area (Å²) in [5.74, 6) is 0.623. The highest BCUT2D eigenvalue weighted by molar-refractivity contribution is 6.05. The Balaban J connectivity index is 1.29. The van der Waals surface area contributed by atoms with Crippen molar-refractivity contribution in [2.45, 2.75) is 39.5 Å². The number of anilines is 3. The second-order valence-corrected chi connectivity index (χ2v) is 11.0. The smallest absolute Gasteiger partial charge is 0.410 e. The van der Waals surface area contributed by atoms with Gasteiger partial charge in [-0.05, 0) is 50.1 Å². The van der Waals surface area contributed by atoms with Crippen molar-refractivity contribution in [1.82, 2.24) is 19.9 Å². The Kier molecular flexibility index (Phi) is 7.92. The van der Waals surface area contributed by atoms with Gasteiger partial charge in [-0.3, -0.25) is 9.78 Å². The molecule has 0 spiro atoms. The lowest BCUT2D eigenvalue weighted by Crippen LogP contribution is -2.50. The molecule has 2 aliphatic rings. The molecule has 0 unspecified atom stereocenters. The van der Waals surface area contributed by atoms with E-state index < -0.39 is 11.5 Å². The maximum Gasteiger partial charge on any atom is 0.410 e. The molecular weight excluding hydrogens is 542 g/mol. The average Bonchev–Trinajstić information content (AvgIpc) is 3.38. The van der Waals surface area contributed by atoms with Gasteiger partial charge in [-0.1, -0.05) is 0 Å². The molecule has 0 aliphatic carbocycles. The van der Waals surface area contributed by atoms with Gasteiger partial charge in [0.2, 0.25) is 11.8 Å². The van der Waals surface area contributed by atoms with Crippen LogP contribution in [-0.4, -0.2) is 83.0 Å². The van der Waals surface area contributed by atoms with Crippen LogP contribution >= 0.6 is 0 Å². The summed E-state index contributed by atoms with van der Waals surface area (Å²) in [5.41, 5.74) is 2.72. The van der Waals surface area contributed by atoms with E-state index in [1.807, 2.05) is 43.9 Å². The van der Waals surface area contributed by atoms with Gasteiger partial charge < -0.3 is 39.3 Å². The highest BCUT2D eigenvalue weighted by Gasteiger charge is 2.28. The van der Waals surface area contributed by atoms with Gasteiger partial charge in [0.15, 0.2) is 11.5 Å². The molecule has 5 rings (SSSR count). The van der Waals surface area contributed by atoms with Crippen molar-refractivity contribution in [1.29, 1.82) is 0 Å². The van der Waals surface area contributed by atoms with Crippen molar-refractivity contribution in [2.24, 2.45) is 0 Å². The fourth-order valence-electron chi connectivity index (χ4n) is 4.95. The van der Waals surface area contributed by atoms with E-state index in [4.69, 9.17) is 14.2 Å². The number of aromatic nitrogens is 3. The highest BCUT2D eigenvalue weighted by Crippen LogP contribution is 2.36. The lowest BCUT2D eigenvalue weighted by Gasteiger charge is -2.37. The lowest BCUT2D eigenvalue weighted by atomic mass is 10.1. The Hall–Kier alpha value is -4.81. The lowest BCUT2D eigenvalue weighted by molar-refractivity contribution is 0.0240. The number of ether oxygens (including phenoxy) is 3. The summed E-state index contributed by atoms with van der Waals surface area (Å²) < 4.78 is 16.3. The van der Waals surface area contributed by atoms with Crippen LogP contribution in [-0.2, 0) is 17.8 Å². The van der Waals surface area contributed by atoms with Gasteiger partial charge in [-0.25, -0.2) is 9.78 Å². The summed E-state index contributed by atoms with van der Waals surface area (Å²) in [6.07, 6.45) is 2.87. The monoisotopic (exact) mass is 577 g/mol. The van der Waals surface area contributed by atoms with Gasteiger partial charge in [0.05, 0.1) is 31.8 Å². The third-order valence-corrected chi connectivity index (χ3v) is 6.96. The summed E-state index contributed by atoms with van der Waals surface area (Å²) >= 11 is 0. The molecule has 2 N–H and O–H groups in total. The number of piperazine rings is 1. The minimum absolute atomic E-state index is 0.00756. The first-order valence-electron chi connectivity index (χ1n) is 13.6. The molecule has 42 heavy (non-hydrogen) atoms. The quantitative estimate of drug-likeness (QED) is 0.445. The van der Waals surface area contributed by atoms with E-state index in [9.17, 15) is 14.7 Å². The summed E-state index contributed by atoms with van der Waals surface area (Å²) in [5, 5.41) is 13.3. The first-order valence-corrected chi connectivity index (χ1v) is 13.6. The van der Waals surface area contributed by atoms with Gasteiger partial charge in [-0.2, -0.15) is 4.98 Å². The number of fused-ring (bicyclic) bond motifs is 1. The molecule has 2 aromatic heterocycles. The van der Waals surface area contributed by atoms with Crippen LogP contribution in [0.4, 0.5) is 22.1 Å². The van der Waals surface area contributed by atoms with Crippen molar-refractivity contribution in [3.05, 3.63) is 53.5 Å². The number of aromatic hydroxyl groups is 1. The number of hydrogen-bond acceptors (Lipinski definition) is 11. The van der Waals surface area contributed by atoms with Gasteiger partial charge in [0, 0.05) is 51.5 Å². The molecule has 3 aromatic rings. The van der Waals surface area contributed by atoms with Gasteiger partial charge in [0.25, 0.3) is 5.91 Å². The molecule has 13 heteroatoms. The van der Waals surface area contributed by atoms with Crippen molar-refractivity contribution in [3.63, 3.8) is 0 Å². The topological polar surface area (TPSA) is 142 Å². The number of nitrogens with zero attached hydrogens (tertiary/aromatic N) is 6. The van der Waals surface area contributed by atoms with Crippen LogP contribution in [0.2, 0.25) is 0 Å². The summed E-state index contributed by atoms with van der Waals surface area (Å²) in [6, 6.07) is 6.85. The summed E-state index contributed by atoms with van der Waals surface area (Å²) in [7, 11) is 3.16. The highest BCUT2D eigenvalue weighted by atomic mass is 16.6. The van der Waals surface area contributed by atoms with Gasteiger partial charge in [-0.15, -0.1) is 0 Å². The van der Waals surface area contributed by atoms with E-state index in [2.05, 4.69) is 25.2 Å². The van der Waals surface area contributed by atoms with E-state index in [0.29, 0.717) is 56.5 Å². The fourth-order valence-corrected chi connectivity index (χ4v) is 4.95. The number of benzene rings is 1. The van der Waals surface area contributed by atoms with Crippen molar-refractivity contribution in [2.75, 3.05) is 55.5 Å². The Morgan fingerprint density at radius 1 is 0.929 bits per heavy atom. The zero-order valence-electron chi connectivity index (χ0n) is 24.4. The second-order valence-electron chi connectivity index (χ2n) is 11.0. The minimum Gasteiger partial charge on any atom is -0.493 e. The zero-order chi connectivity index (χ0) is 30.0. The maximum atomic E-state index is 13.3. The largest absolute Gasteiger partial charge is 0.493 e. The first kappa shape index (κ1) is 28.7. The molecule has 2 aliphatic heterocycles. The molecule has 0 saturated carbocycles. The third-order valence-electron chi connectivity index (χ3n) is 6.96. The maximum absolute atomic E-state index is 13.3. The van der Waals surface area contributed by atoms with Gasteiger partial charge in [0.1, 0.15) is 11.3 Å². The molecule has 0 atom stereocenters. The molecule has 2 amide bonds. The molecular formula is C29H35N7O6. The molecule has 1 fully saturated rings. The predicted octanol–water partition coefficient (Wildman–Crippen LogP) is 3.42. The van der Waals surface area contributed by atoms with Crippen molar-refractivity contribution >= 4 is 29.3 Å². The number of hydrogen-bond donors (Lipinski definition) is 2. The first-order chi connectivity index (χ1) is 20.0. The molecule has 1 aromatic carbocycles. The summed E-state index contributed by atoms with van der Waals surface area (Å²) in [4.78, 5) is 44.3. The van der Waals surface area contributed by atoms with Crippen LogP contribution in [0, 0.1) is 0 Å². The number of methoxy groups -OCH3 is 2. The number of carbonyl (C=O) groups excluding carboxylic acids is 2. The predicted molar refractivity (Wildman–Crippen MR) is 155 cm³/mol. The van der Waals surface area contributed by atoms with E-state index in [-0.39, 0.29) is 23.6 Å². The number of amides is 2. The Bertz CT molecular complexity index is 1450. The molecule has 222 valence electrons. The number of pyridine rings is 1. The second kappa shape index (κ2) is 11.6. The molecule has 13 nitrogen and oxygen atoms in total. The van der Waals surface area contributed by atoms with Crippen LogP contribution in [0.3, 0.4) is 0 Å². The minimum atomic E-state index is -0.564. The van der Waals surface area contributed by atoms with E-state index >= 15 is 0 Å². The van der Waals surface area contributed by atoms with Crippen LogP contribution in [0.5, 0.6) is 17.4 Å². The number of carbonyl (C=O) groups is 2. The van der Waals surface area contributed by atoms with Crippen molar-refractivity contribution in [3.8, 4) is 17.4 Å². The molecule has 0 bridgehead atoms. The zero-order valence-corrected chi connectivity index (χ0v) is 24.4. The van der Waals surface area contributed by atoms with E-state index in [0.717, 1.165) is 16.8 Å². The summed E-state index contributed by atoms with van der Waals surface area (Å²) in [6.45, 7) is 8.52. The van der Waals surface area contributed by atoms with Crippen LogP contribution in [0.1, 0.15) is 42.4 Å². The molecule has 0 radical (unpaired) electrons. The van der Waals surface area contributed by atoms with Crippen LogP contribution in [0.15, 0.2) is 36.7 Å². The SMILES string of the molecule is COc1cc2c(cc1OC)CN(c1nc(O)cc(C(=O)Nc3cnccc3N3CCN(C(=O)OC(C)(C)C)CC3)n1)C2. The van der Waals surface area contributed by atoms with Gasteiger partial charge >= 0.3 is 6.09 Å². The van der Waals surface area contributed by atoms with E-state index in [1.54, 1.807) is 31.5 Å². The van der Waals surface area contributed by atoms with Crippen LogP contribution < -0.4 is 24.6 Å². The standard InChI is InChI=1S/C29H35N7O6/c1-29(2,3)42-28(39)35-10-8-34(9-11-35)22-6-7-30-15-21(22)31-26(38)20-14-25(37)33-27(32-20)36-16-18-12-23(40-4)24(41-5)13-19(18)17-36/h6-7,12-15H,8-11,16-17H2,1-5H3,(H,31,38)(H,32,33,37). The Morgan fingerprint density at radius 2 is 1.57 bits per heavy atom. The molecule has 4 heterocycles.